The largest absolute Gasteiger partial charge is 0.418 e. The average molecular weight is 340 g/mol. The highest BCUT2D eigenvalue weighted by atomic mass is 127. The van der Waals surface area contributed by atoms with Crippen molar-refractivity contribution in [1.82, 2.24) is 0 Å². The first-order valence-corrected chi connectivity index (χ1v) is 4.65. The third-order valence-electron chi connectivity index (χ3n) is 1.60. The molecule has 0 N–H and O–H groups in total. The first-order chi connectivity index (χ1) is 6.64. The standard InChI is InChI=1S/C8H3F6I/c9-7(10,11)4-2-1-3-5(15)6(4)8(12,13)14/h1-3H. The minimum Gasteiger partial charge on any atom is -0.166 e. The maximum atomic E-state index is 12.3. The van der Waals surface area contributed by atoms with Gasteiger partial charge in [-0.1, -0.05) is 6.07 Å². The summed E-state index contributed by atoms with van der Waals surface area (Å²) in [5.74, 6) is 0. The van der Waals surface area contributed by atoms with E-state index in [0.717, 1.165) is 12.1 Å². The van der Waals surface area contributed by atoms with E-state index in [1.54, 1.807) is 0 Å². The third-order valence-corrected chi connectivity index (χ3v) is 2.50. The van der Waals surface area contributed by atoms with Crippen molar-refractivity contribution in [2.24, 2.45) is 0 Å². The molecule has 0 spiro atoms. The van der Waals surface area contributed by atoms with Crippen molar-refractivity contribution < 1.29 is 26.3 Å². The fraction of sp³-hybridized carbons (Fsp3) is 0.250. The summed E-state index contributed by atoms with van der Waals surface area (Å²) in [6.07, 6.45) is -9.99. The lowest BCUT2D eigenvalue weighted by Crippen LogP contribution is -2.17. The Balaban J connectivity index is 3.48. The van der Waals surface area contributed by atoms with Crippen LogP contribution in [0.1, 0.15) is 11.1 Å². The lowest BCUT2D eigenvalue weighted by atomic mass is 10.1. The van der Waals surface area contributed by atoms with Crippen LogP contribution in [0.25, 0.3) is 0 Å². The molecule has 0 nitrogen and oxygen atoms in total. The Hall–Kier alpha value is -0.470. The van der Waals surface area contributed by atoms with Gasteiger partial charge in [-0.15, -0.1) is 0 Å². The summed E-state index contributed by atoms with van der Waals surface area (Å²) in [6, 6.07) is 2.35. The van der Waals surface area contributed by atoms with E-state index in [4.69, 9.17) is 0 Å². The molecule has 0 saturated carbocycles. The number of hydrogen-bond donors (Lipinski definition) is 0. The highest BCUT2D eigenvalue weighted by Gasteiger charge is 2.44. The van der Waals surface area contributed by atoms with Crippen molar-refractivity contribution in [3.8, 4) is 0 Å². The zero-order valence-corrected chi connectivity index (χ0v) is 9.04. The van der Waals surface area contributed by atoms with Gasteiger partial charge < -0.3 is 0 Å². The summed E-state index contributed by atoms with van der Waals surface area (Å²) in [7, 11) is 0. The average Bonchev–Trinajstić information content (AvgIpc) is 1.99. The predicted molar refractivity (Wildman–Crippen MR) is 49.2 cm³/mol. The van der Waals surface area contributed by atoms with Crippen LogP contribution in [0.2, 0.25) is 0 Å². The van der Waals surface area contributed by atoms with Gasteiger partial charge in [0.25, 0.3) is 0 Å². The number of rotatable bonds is 0. The Morgan fingerprint density at radius 3 is 1.73 bits per heavy atom. The number of halogens is 7. The van der Waals surface area contributed by atoms with Crippen molar-refractivity contribution in [2.75, 3.05) is 0 Å². The second-order valence-electron chi connectivity index (χ2n) is 2.66. The smallest absolute Gasteiger partial charge is 0.166 e. The van der Waals surface area contributed by atoms with E-state index in [0.29, 0.717) is 6.07 Å². The quantitative estimate of drug-likeness (QED) is 0.487. The highest BCUT2D eigenvalue weighted by Crippen LogP contribution is 2.42. The van der Waals surface area contributed by atoms with Crippen molar-refractivity contribution in [2.45, 2.75) is 12.4 Å². The third kappa shape index (κ3) is 2.76. The zero-order chi connectivity index (χ0) is 11.9. The molecule has 0 aliphatic carbocycles. The topological polar surface area (TPSA) is 0 Å². The number of benzene rings is 1. The van der Waals surface area contributed by atoms with E-state index in [-0.39, 0.29) is 0 Å². The Morgan fingerprint density at radius 2 is 1.40 bits per heavy atom. The first kappa shape index (κ1) is 12.6. The van der Waals surface area contributed by atoms with Gasteiger partial charge in [0.2, 0.25) is 0 Å². The molecule has 0 aromatic heterocycles. The molecule has 0 fully saturated rings. The van der Waals surface area contributed by atoms with E-state index in [9.17, 15) is 26.3 Å². The first-order valence-electron chi connectivity index (χ1n) is 3.57. The molecule has 84 valence electrons. The van der Waals surface area contributed by atoms with Crippen LogP contribution < -0.4 is 0 Å². The van der Waals surface area contributed by atoms with Crippen LogP contribution in [-0.4, -0.2) is 0 Å². The van der Waals surface area contributed by atoms with E-state index in [1.807, 2.05) is 0 Å². The minimum absolute atomic E-state index is 0.422. The van der Waals surface area contributed by atoms with E-state index >= 15 is 0 Å². The normalized spacial score (nSPS) is 13.0. The molecule has 1 aromatic rings. The van der Waals surface area contributed by atoms with Crippen LogP contribution >= 0.6 is 22.6 Å². The minimum atomic E-state index is -5.00. The van der Waals surface area contributed by atoms with Gasteiger partial charge in [0, 0.05) is 3.57 Å². The van der Waals surface area contributed by atoms with E-state index in [1.165, 1.54) is 22.6 Å². The Labute approximate surface area is 94.4 Å². The van der Waals surface area contributed by atoms with Gasteiger partial charge in [-0.25, -0.2) is 0 Å². The maximum absolute atomic E-state index is 12.3. The summed E-state index contributed by atoms with van der Waals surface area (Å²) in [5.41, 5.74) is -3.28. The van der Waals surface area contributed by atoms with Crippen LogP contribution in [0.3, 0.4) is 0 Å². The van der Waals surface area contributed by atoms with Crippen molar-refractivity contribution in [3.63, 3.8) is 0 Å². The summed E-state index contributed by atoms with van der Waals surface area (Å²) in [5, 5.41) is 0. The Bertz CT molecular complexity index is 364. The summed E-state index contributed by atoms with van der Waals surface area (Å²) in [6.45, 7) is 0. The highest BCUT2D eigenvalue weighted by molar-refractivity contribution is 14.1. The molecule has 0 atom stereocenters. The monoisotopic (exact) mass is 340 g/mol. The molecule has 0 amide bonds. The molecule has 0 heterocycles. The molecule has 0 bridgehead atoms. The van der Waals surface area contributed by atoms with Crippen LogP contribution in [0.15, 0.2) is 18.2 Å². The summed E-state index contributed by atoms with van der Waals surface area (Å²) in [4.78, 5) is 0. The zero-order valence-electron chi connectivity index (χ0n) is 6.88. The SMILES string of the molecule is FC(F)(F)c1cccc(I)c1C(F)(F)F. The van der Waals surface area contributed by atoms with Crippen LogP contribution in [0.5, 0.6) is 0 Å². The van der Waals surface area contributed by atoms with Crippen LogP contribution in [-0.2, 0) is 12.4 Å². The molecule has 7 heteroatoms. The molecular weight excluding hydrogens is 337 g/mol. The molecule has 1 rings (SSSR count). The molecule has 1 aromatic carbocycles. The molecule has 15 heavy (non-hydrogen) atoms. The number of alkyl halides is 6. The molecule has 0 unspecified atom stereocenters. The van der Waals surface area contributed by atoms with Crippen LogP contribution in [0.4, 0.5) is 26.3 Å². The summed E-state index contributed by atoms with van der Waals surface area (Å²) >= 11 is 1.23. The van der Waals surface area contributed by atoms with E-state index < -0.39 is 27.0 Å². The van der Waals surface area contributed by atoms with Gasteiger partial charge >= 0.3 is 12.4 Å². The van der Waals surface area contributed by atoms with Crippen molar-refractivity contribution in [3.05, 3.63) is 32.9 Å². The number of hydrogen-bond acceptors (Lipinski definition) is 0. The van der Waals surface area contributed by atoms with Gasteiger partial charge in [-0.05, 0) is 34.7 Å². The van der Waals surface area contributed by atoms with Gasteiger partial charge in [0.05, 0.1) is 11.1 Å². The maximum Gasteiger partial charge on any atom is 0.418 e. The van der Waals surface area contributed by atoms with Gasteiger partial charge in [0.1, 0.15) is 0 Å². The fourth-order valence-corrected chi connectivity index (χ4v) is 1.85. The second kappa shape index (κ2) is 3.84. The Morgan fingerprint density at radius 1 is 0.867 bits per heavy atom. The van der Waals surface area contributed by atoms with Crippen molar-refractivity contribution in [1.29, 1.82) is 0 Å². The van der Waals surface area contributed by atoms with E-state index in [2.05, 4.69) is 0 Å². The summed E-state index contributed by atoms with van der Waals surface area (Å²) < 4.78 is 73.3. The van der Waals surface area contributed by atoms with Gasteiger partial charge in [-0.2, -0.15) is 26.3 Å². The second-order valence-corrected chi connectivity index (χ2v) is 3.82. The molecule has 0 aliphatic heterocycles. The molecule has 0 aliphatic rings. The lowest BCUT2D eigenvalue weighted by molar-refractivity contribution is -0.162. The predicted octanol–water partition coefficient (Wildman–Crippen LogP) is 4.33. The van der Waals surface area contributed by atoms with Gasteiger partial charge in [-0.3, -0.25) is 0 Å². The Kier molecular flexibility index (Phi) is 3.22. The molecule has 0 saturated heterocycles. The molecular formula is C8H3F6I. The van der Waals surface area contributed by atoms with Crippen LogP contribution in [0, 0.1) is 3.57 Å². The lowest BCUT2D eigenvalue weighted by Gasteiger charge is -2.16. The fourth-order valence-electron chi connectivity index (χ4n) is 1.05. The van der Waals surface area contributed by atoms with Crippen molar-refractivity contribution >= 4 is 22.6 Å². The van der Waals surface area contributed by atoms with Gasteiger partial charge in [0.15, 0.2) is 0 Å². The molecule has 0 radical (unpaired) electrons.